The highest BCUT2D eigenvalue weighted by Gasteiger charge is 2.30. The molecule has 1 saturated heterocycles. The van der Waals surface area contributed by atoms with Gasteiger partial charge in [-0.05, 0) is 57.1 Å². The van der Waals surface area contributed by atoms with E-state index in [-0.39, 0.29) is 36.6 Å². The standard InChI is InChI=1S/C20H31N3O6S/c1-30(26,27)23-17-3-2-10-21-18(17)13-29-15-6-4-14(5-7-15)16-8-9-19(25)22-20(16)28-12-11-24/h8-9,11,14-15,17-18,21,23H,2-7,10,12-13H2,1H3,(H,22,25)/t14-,15+,17-,18-/m0/s1. The van der Waals surface area contributed by atoms with Crippen LogP contribution in [0.4, 0.5) is 0 Å². The second-order valence-corrected chi connectivity index (χ2v) is 9.83. The van der Waals surface area contributed by atoms with Crippen LogP contribution >= 0.6 is 0 Å². The smallest absolute Gasteiger partial charge is 0.220 e. The molecule has 0 bridgehead atoms. The SMILES string of the molecule is CS(=O)(=O)N[C@H]1CCCN[C@H]1CO[C@H]1CC[C@@H](c2ccc(O)nc2OCC=O)CC1. The summed E-state index contributed by atoms with van der Waals surface area (Å²) in [4.78, 5) is 14.6. The van der Waals surface area contributed by atoms with Crippen molar-refractivity contribution in [1.82, 2.24) is 15.0 Å². The molecule has 0 spiro atoms. The Hall–Kier alpha value is -1.75. The summed E-state index contributed by atoms with van der Waals surface area (Å²) < 4.78 is 37.5. The van der Waals surface area contributed by atoms with Gasteiger partial charge < -0.3 is 19.9 Å². The second-order valence-electron chi connectivity index (χ2n) is 8.05. The normalized spacial score (nSPS) is 27.5. The van der Waals surface area contributed by atoms with Gasteiger partial charge in [-0.1, -0.05) is 0 Å². The van der Waals surface area contributed by atoms with E-state index in [1.54, 1.807) is 0 Å². The number of rotatable bonds is 9. The van der Waals surface area contributed by atoms with E-state index in [9.17, 15) is 18.3 Å². The molecule has 2 aliphatic rings. The van der Waals surface area contributed by atoms with Crippen molar-refractivity contribution in [3.63, 3.8) is 0 Å². The number of aromatic hydroxyl groups is 1. The van der Waals surface area contributed by atoms with Crippen LogP contribution in [-0.4, -0.2) is 69.0 Å². The molecular formula is C20H31N3O6S. The Morgan fingerprint density at radius 1 is 1.27 bits per heavy atom. The highest BCUT2D eigenvalue weighted by atomic mass is 32.2. The molecule has 0 aromatic carbocycles. The Bertz CT molecular complexity index is 811. The Balaban J connectivity index is 1.52. The summed E-state index contributed by atoms with van der Waals surface area (Å²) in [5.41, 5.74) is 0.902. The van der Waals surface area contributed by atoms with Gasteiger partial charge in [0.2, 0.25) is 21.8 Å². The molecule has 30 heavy (non-hydrogen) atoms. The summed E-state index contributed by atoms with van der Waals surface area (Å²) in [5, 5.41) is 13.0. The number of carbonyl (C=O) groups is 1. The van der Waals surface area contributed by atoms with Crippen molar-refractivity contribution in [3.8, 4) is 11.8 Å². The van der Waals surface area contributed by atoms with E-state index in [1.807, 2.05) is 6.07 Å². The van der Waals surface area contributed by atoms with E-state index in [4.69, 9.17) is 9.47 Å². The number of nitrogens with one attached hydrogen (secondary N) is 2. The fourth-order valence-electron chi connectivity index (χ4n) is 4.30. The zero-order chi connectivity index (χ0) is 21.6. The first-order chi connectivity index (χ1) is 14.4. The summed E-state index contributed by atoms with van der Waals surface area (Å²) in [7, 11) is -3.25. The number of hydrogen-bond acceptors (Lipinski definition) is 8. The lowest BCUT2D eigenvalue weighted by Crippen LogP contribution is -2.55. The lowest BCUT2D eigenvalue weighted by molar-refractivity contribution is -0.109. The van der Waals surface area contributed by atoms with E-state index in [0.717, 1.165) is 50.6 Å². The number of piperidine rings is 1. The summed E-state index contributed by atoms with van der Waals surface area (Å²) in [6.07, 6.45) is 7.22. The van der Waals surface area contributed by atoms with Crippen LogP contribution in [0.1, 0.15) is 50.0 Å². The molecule has 9 nitrogen and oxygen atoms in total. The van der Waals surface area contributed by atoms with Crippen LogP contribution in [0.3, 0.4) is 0 Å². The molecule has 1 aliphatic heterocycles. The van der Waals surface area contributed by atoms with Crippen molar-refractivity contribution in [2.75, 3.05) is 26.0 Å². The van der Waals surface area contributed by atoms with E-state index in [0.29, 0.717) is 18.8 Å². The average Bonchev–Trinajstić information content (AvgIpc) is 2.71. The van der Waals surface area contributed by atoms with Gasteiger partial charge in [-0.25, -0.2) is 13.1 Å². The third-order valence-electron chi connectivity index (χ3n) is 5.74. The molecule has 0 radical (unpaired) electrons. The fourth-order valence-corrected chi connectivity index (χ4v) is 5.14. The number of nitrogens with zero attached hydrogens (tertiary/aromatic N) is 1. The van der Waals surface area contributed by atoms with Crippen molar-refractivity contribution in [2.24, 2.45) is 0 Å². The minimum atomic E-state index is -3.25. The Kier molecular flexibility index (Phi) is 8.04. The molecule has 0 amide bonds. The molecule has 1 aliphatic carbocycles. The van der Waals surface area contributed by atoms with Crippen molar-refractivity contribution < 1.29 is 27.8 Å². The van der Waals surface area contributed by atoms with Crippen LogP contribution in [0.2, 0.25) is 0 Å². The van der Waals surface area contributed by atoms with Crippen LogP contribution in [-0.2, 0) is 19.6 Å². The zero-order valence-electron chi connectivity index (χ0n) is 17.2. The summed E-state index contributed by atoms with van der Waals surface area (Å²) in [6, 6.07) is 3.17. The molecule has 1 saturated carbocycles. The van der Waals surface area contributed by atoms with Gasteiger partial charge in [0.05, 0.1) is 19.0 Å². The van der Waals surface area contributed by atoms with Gasteiger partial charge in [-0.15, -0.1) is 0 Å². The predicted octanol–water partition coefficient (Wildman–Crippen LogP) is 1.08. The number of hydrogen-bond donors (Lipinski definition) is 3. The molecule has 10 heteroatoms. The molecule has 3 rings (SSSR count). The molecular weight excluding hydrogens is 410 g/mol. The second kappa shape index (κ2) is 10.5. The van der Waals surface area contributed by atoms with Gasteiger partial charge in [0.25, 0.3) is 0 Å². The van der Waals surface area contributed by atoms with Gasteiger partial charge in [0.15, 0.2) is 6.29 Å². The van der Waals surface area contributed by atoms with Crippen molar-refractivity contribution in [2.45, 2.75) is 62.6 Å². The Morgan fingerprint density at radius 3 is 2.73 bits per heavy atom. The van der Waals surface area contributed by atoms with E-state index < -0.39 is 10.0 Å². The molecule has 168 valence electrons. The molecule has 2 heterocycles. The lowest BCUT2D eigenvalue weighted by atomic mass is 9.83. The van der Waals surface area contributed by atoms with Crippen LogP contribution < -0.4 is 14.8 Å². The van der Waals surface area contributed by atoms with E-state index in [2.05, 4.69) is 15.0 Å². The van der Waals surface area contributed by atoms with Crippen LogP contribution in [0, 0.1) is 0 Å². The Morgan fingerprint density at radius 2 is 2.03 bits per heavy atom. The van der Waals surface area contributed by atoms with Gasteiger partial charge >= 0.3 is 0 Å². The van der Waals surface area contributed by atoms with Crippen LogP contribution in [0.5, 0.6) is 11.8 Å². The molecule has 3 N–H and O–H groups in total. The number of sulfonamides is 1. The quantitative estimate of drug-likeness (QED) is 0.486. The van der Waals surface area contributed by atoms with Gasteiger partial charge in [-0.2, -0.15) is 4.98 Å². The maximum atomic E-state index is 11.6. The minimum absolute atomic E-state index is 0.0316. The zero-order valence-corrected chi connectivity index (χ0v) is 18.1. The Labute approximate surface area is 177 Å². The summed E-state index contributed by atoms with van der Waals surface area (Å²) in [6.45, 7) is 1.23. The maximum Gasteiger partial charge on any atom is 0.220 e. The fraction of sp³-hybridized carbons (Fsp3) is 0.700. The molecule has 1 aromatic rings. The summed E-state index contributed by atoms with van der Waals surface area (Å²) >= 11 is 0. The van der Waals surface area contributed by atoms with Gasteiger partial charge in [-0.3, -0.25) is 4.79 Å². The van der Waals surface area contributed by atoms with Gasteiger partial charge in [0.1, 0.15) is 6.61 Å². The minimum Gasteiger partial charge on any atom is -0.493 e. The van der Waals surface area contributed by atoms with E-state index in [1.165, 1.54) is 12.3 Å². The third-order valence-corrected chi connectivity index (χ3v) is 6.47. The maximum absolute atomic E-state index is 11.6. The molecule has 1 aromatic heterocycles. The highest BCUT2D eigenvalue weighted by Crippen LogP contribution is 2.38. The third kappa shape index (κ3) is 6.63. The number of pyridine rings is 1. The monoisotopic (exact) mass is 441 g/mol. The number of aldehydes is 1. The number of carbonyl (C=O) groups excluding carboxylic acids is 1. The van der Waals surface area contributed by atoms with Crippen LogP contribution in [0.25, 0.3) is 0 Å². The number of ether oxygens (including phenoxy) is 2. The molecule has 2 atom stereocenters. The molecule has 0 unspecified atom stereocenters. The van der Waals surface area contributed by atoms with Crippen molar-refractivity contribution in [1.29, 1.82) is 0 Å². The first kappa shape index (κ1) is 22.9. The van der Waals surface area contributed by atoms with Crippen molar-refractivity contribution in [3.05, 3.63) is 17.7 Å². The highest BCUT2D eigenvalue weighted by molar-refractivity contribution is 7.88. The predicted molar refractivity (Wildman–Crippen MR) is 111 cm³/mol. The van der Waals surface area contributed by atoms with Crippen molar-refractivity contribution >= 4 is 16.3 Å². The lowest BCUT2D eigenvalue weighted by Gasteiger charge is -2.35. The average molecular weight is 442 g/mol. The van der Waals surface area contributed by atoms with Crippen LogP contribution in [0.15, 0.2) is 12.1 Å². The first-order valence-corrected chi connectivity index (χ1v) is 12.3. The number of aromatic nitrogens is 1. The molecule has 2 fully saturated rings. The summed E-state index contributed by atoms with van der Waals surface area (Å²) in [5.74, 6) is 0.411. The topological polar surface area (TPSA) is 127 Å². The first-order valence-electron chi connectivity index (χ1n) is 10.4. The largest absolute Gasteiger partial charge is 0.493 e. The van der Waals surface area contributed by atoms with E-state index >= 15 is 0 Å². The van der Waals surface area contributed by atoms with Gasteiger partial charge in [0, 0.05) is 23.7 Å².